The van der Waals surface area contributed by atoms with Gasteiger partial charge < -0.3 is 0 Å². The van der Waals surface area contributed by atoms with Crippen LogP contribution in [-0.4, -0.2) is 72.0 Å². The molecule has 0 aliphatic rings. The molecule has 118 valence electrons. The number of carbonyl (C=O) groups is 3. The molecule has 0 unspecified atom stereocenters. The summed E-state index contributed by atoms with van der Waals surface area (Å²) in [6, 6.07) is 9.21. The van der Waals surface area contributed by atoms with Gasteiger partial charge in [-0.1, -0.05) is 0 Å². The van der Waals surface area contributed by atoms with Crippen molar-refractivity contribution in [1.82, 2.24) is 4.90 Å². The third kappa shape index (κ3) is 4.58. The molecule has 1 aromatic carbocycles. The van der Waals surface area contributed by atoms with E-state index in [4.69, 9.17) is 4.74 Å². The molecular weight excluding hydrogens is 402 g/mol. The van der Waals surface area contributed by atoms with Crippen LogP contribution in [0.2, 0.25) is 0 Å². The third-order valence-corrected chi connectivity index (χ3v) is 5.66. The molecular formula is C15H17NO5Te. The molecule has 0 bridgehead atoms. The van der Waals surface area contributed by atoms with E-state index < -0.39 is 38.8 Å². The molecule has 0 fully saturated rings. The summed E-state index contributed by atoms with van der Waals surface area (Å²) < 4.78 is 10.4. The van der Waals surface area contributed by atoms with Gasteiger partial charge in [0.1, 0.15) is 0 Å². The number of rotatable bonds is 5. The molecule has 0 spiro atoms. The molecule has 1 amide bonds. The number of carbonyl (C=O) groups excluding carboxylic acids is 3. The summed E-state index contributed by atoms with van der Waals surface area (Å²) in [4.78, 5) is 37.6. The van der Waals surface area contributed by atoms with Gasteiger partial charge in [0.15, 0.2) is 0 Å². The summed E-state index contributed by atoms with van der Waals surface area (Å²) in [7, 11) is 5.39. The zero-order chi connectivity index (χ0) is 16.7. The molecule has 22 heavy (non-hydrogen) atoms. The van der Waals surface area contributed by atoms with Gasteiger partial charge in [0.25, 0.3) is 0 Å². The molecule has 0 aliphatic carbocycles. The first kappa shape index (κ1) is 18.2. The van der Waals surface area contributed by atoms with Crippen LogP contribution in [0.5, 0.6) is 0 Å². The maximum atomic E-state index is 12.3. The van der Waals surface area contributed by atoms with Gasteiger partial charge in [-0.15, -0.1) is 0 Å². The average Bonchev–Trinajstić information content (AvgIpc) is 2.53. The van der Waals surface area contributed by atoms with Gasteiger partial charge in [-0.3, -0.25) is 0 Å². The number of benzene rings is 1. The van der Waals surface area contributed by atoms with Crippen LogP contribution in [-0.2, 0) is 23.9 Å². The third-order valence-electron chi connectivity index (χ3n) is 2.57. The van der Waals surface area contributed by atoms with Crippen LogP contribution in [0.25, 0.3) is 0 Å². The van der Waals surface area contributed by atoms with E-state index in [-0.39, 0.29) is 9.19 Å². The van der Waals surface area contributed by atoms with Gasteiger partial charge in [-0.25, -0.2) is 0 Å². The van der Waals surface area contributed by atoms with Gasteiger partial charge >= 0.3 is 139 Å². The molecule has 0 atom stereocenters. The molecule has 0 heterocycles. The SMILES string of the molecule is COC(=O)/C([Te]c1ccccc1)=C(/C(=O)OC)C(=O)N(C)C. The van der Waals surface area contributed by atoms with Gasteiger partial charge in [0.2, 0.25) is 0 Å². The summed E-state index contributed by atoms with van der Waals surface area (Å²) in [5, 5.41) is 0. The minimum atomic E-state index is -1.28. The van der Waals surface area contributed by atoms with Crippen LogP contribution in [0.3, 0.4) is 0 Å². The Labute approximate surface area is 139 Å². The topological polar surface area (TPSA) is 72.9 Å². The number of amides is 1. The molecule has 0 saturated carbocycles. The van der Waals surface area contributed by atoms with E-state index in [2.05, 4.69) is 4.74 Å². The molecule has 6 nitrogen and oxygen atoms in total. The normalized spacial score (nSPS) is 11.3. The Balaban J connectivity index is 3.42. The van der Waals surface area contributed by atoms with E-state index in [0.29, 0.717) is 0 Å². The van der Waals surface area contributed by atoms with E-state index >= 15 is 0 Å². The van der Waals surface area contributed by atoms with Crippen LogP contribution < -0.4 is 3.61 Å². The summed E-state index contributed by atoms with van der Waals surface area (Å²) in [5.41, 5.74) is -0.259. The molecule has 0 N–H and O–H groups in total. The number of nitrogens with zero attached hydrogens (tertiary/aromatic N) is 1. The molecule has 7 heteroatoms. The summed E-state index contributed by atoms with van der Waals surface area (Å²) in [6.07, 6.45) is 0. The van der Waals surface area contributed by atoms with Crippen molar-refractivity contribution in [2.75, 3.05) is 28.3 Å². The second-order valence-corrected chi connectivity index (χ2v) is 7.40. The number of likely N-dealkylation sites (N-methyl/N-ethyl adjacent to an activating group) is 1. The predicted octanol–water partition coefficient (Wildman–Crippen LogP) is -0.296. The minimum absolute atomic E-state index is 0.102. The summed E-state index contributed by atoms with van der Waals surface area (Å²) in [5.74, 6) is -2.09. The first-order chi connectivity index (χ1) is 10.4. The van der Waals surface area contributed by atoms with E-state index in [9.17, 15) is 14.4 Å². The van der Waals surface area contributed by atoms with Gasteiger partial charge in [0, 0.05) is 0 Å². The van der Waals surface area contributed by atoms with Crippen LogP contribution in [0, 0.1) is 0 Å². The summed E-state index contributed by atoms with van der Waals surface area (Å²) >= 11 is -1.28. The Bertz CT molecular complexity index is 595. The second-order valence-electron chi connectivity index (χ2n) is 4.30. The number of hydrogen-bond donors (Lipinski definition) is 0. The molecule has 0 saturated heterocycles. The predicted molar refractivity (Wildman–Crippen MR) is 81.6 cm³/mol. The van der Waals surface area contributed by atoms with Crippen molar-refractivity contribution in [3.63, 3.8) is 0 Å². The first-order valence-electron chi connectivity index (χ1n) is 6.27. The van der Waals surface area contributed by atoms with Crippen molar-refractivity contribution in [2.24, 2.45) is 0 Å². The molecule has 0 aliphatic heterocycles. The Morgan fingerprint density at radius 1 is 0.955 bits per heavy atom. The van der Waals surface area contributed by atoms with Gasteiger partial charge in [-0.2, -0.15) is 0 Å². The second kappa shape index (κ2) is 8.57. The zero-order valence-corrected chi connectivity index (χ0v) is 15.1. The monoisotopic (exact) mass is 421 g/mol. The Morgan fingerprint density at radius 3 is 1.95 bits per heavy atom. The van der Waals surface area contributed by atoms with Crippen molar-refractivity contribution in [1.29, 1.82) is 0 Å². The molecule has 0 aromatic heterocycles. The molecule has 1 aromatic rings. The fraction of sp³-hybridized carbons (Fsp3) is 0.267. The van der Waals surface area contributed by atoms with Crippen molar-refractivity contribution >= 4 is 42.4 Å². The Kier molecular flexibility index (Phi) is 7.09. The maximum absolute atomic E-state index is 12.3. The summed E-state index contributed by atoms with van der Waals surface area (Å²) in [6.45, 7) is 0. The van der Waals surface area contributed by atoms with Crippen molar-refractivity contribution in [3.8, 4) is 0 Å². The van der Waals surface area contributed by atoms with Crippen LogP contribution in [0.4, 0.5) is 0 Å². The standard InChI is InChI=1S/C15H17NO5Te/c1-16(2)13(17)11(14(18)20-3)12(15(19)21-4)22-10-8-6-5-7-9-10/h5-9H,1-4H3/b12-11-. The van der Waals surface area contributed by atoms with Crippen LogP contribution in [0.1, 0.15) is 0 Å². The number of esters is 2. The van der Waals surface area contributed by atoms with Crippen molar-refractivity contribution in [2.45, 2.75) is 0 Å². The Hall–Kier alpha value is -1.84. The van der Waals surface area contributed by atoms with Crippen molar-refractivity contribution < 1.29 is 23.9 Å². The Morgan fingerprint density at radius 2 is 1.50 bits per heavy atom. The van der Waals surface area contributed by atoms with E-state index in [0.717, 1.165) is 3.61 Å². The zero-order valence-electron chi connectivity index (χ0n) is 12.8. The van der Waals surface area contributed by atoms with E-state index in [1.807, 2.05) is 30.3 Å². The molecule has 0 radical (unpaired) electrons. The molecule has 1 rings (SSSR count). The van der Waals surface area contributed by atoms with Gasteiger partial charge in [0.05, 0.1) is 0 Å². The number of ether oxygens (including phenoxy) is 2. The fourth-order valence-corrected chi connectivity index (χ4v) is 4.26. The average molecular weight is 419 g/mol. The van der Waals surface area contributed by atoms with E-state index in [1.54, 1.807) is 0 Å². The first-order valence-corrected chi connectivity index (χ1v) is 8.60. The number of hydrogen-bond acceptors (Lipinski definition) is 5. The van der Waals surface area contributed by atoms with Crippen molar-refractivity contribution in [3.05, 3.63) is 39.5 Å². The number of methoxy groups -OCH3 is 2. The van der Waals surface area contributed by atoms with Crippen LogP contribution in [0.15, 0.2) is 39.5 Å². The fourth-order valence-electron chi connectivity index (χ4n) is 1.50. The van der Waals surface area contributed by atoms with E-state index in [1.165, 1.54) is 33.2 Å². The van der Waals surface area contributed by atoms with Gasteiger partial charge in [-0.05, 0) is 0 Å². The van der Waals surface area contributed by atoms with Crippen LogP contribution >= 0.6 is 0 Å². The quantitative estimate of drug-likeness (QED) is 0.216.